The van der Waals surface area contributed by atoms with Crippen LogP contribution in [-0.4, -0.2) is 47.3 Å². The Bertz CT molecular complexity index is 722. The minimum absolute atomic E-state index is 0.00287. The summed E-state index contributed by atoms with van der Waals surface area (Å²) >= 11 is 0. The number of aliphatic hydroxyl groups is 2. The first-order chi connectivity index (χ1) is 14.0. The summed E-state index contributed by atoms with van der Waals surface area (Å²) in [6, 6.07) is 18.9. The van der Waals surface area contributed by atoms with E-state index in [2.05, 4.69) is 0 Å². The number of amides is 1. The fourth-order valence-electron chi connectivity index (χ4n) is 3.41. The molecule has 0 bridgehead atoms. The molecule has 1 amide bonds. The van der Waals surface area contributed by atoms with Crippen LogP contribution in [0.1, 0.15) is 37.5 Å². The van der Waals surface area contributed by atoms with Crippen molar-refractivity contribution in [3.8, 4) is 0 Å². The van der Waals surface area contributed by atoms with Crippen LogP contribution in [-0.2, 0) is 16.1 Å². The van der Waals surface area contributed by atoms with Crippen LogP contribution >= 0.6 is 0 Å². The summed E-state index contributed by atoms with van der Waals surface area (Å²) < 4.78 is 5.83. The number of carbonyl (C=O) groups excluding carboxylic acids is 1. The molecule has 5 nitrogen and oxygen atoms in total. The molecule has 5 heteroatoms. The molecule has 0 fully saturated rings. The molecule has 2 aromatic carbocycles. The zero-order chi connectivity index (χ0) is 21.2. The third-order valence-electron chi connectivity index (χ3n) is 5.60. The summed E-state index contributed by atoms with van der Waals surface area (Å²) in [6.45, 7) is 4.58. The second-order valence-corrected chi connectivity index (χ2v) is 7.61. The van der Waals surface area contributed by atoms with Gasteiger partial charge in [0.05, 0.1) is 25.4 Å². The van der Waals surface area contributed by atoms with Gasteiger partial charge in [-0.25, -0.2) is 0 Å². The Labute approximate surface area is 173 Å². The van der Waals surface area contributed by atoms with Crippen LogP contribution in [0.25, 0.3) is 0 Å². The fraction of sp³-hybridized carbons (Fsp3) is 0.458. The second-order valence-electron chi connectivity index (χ2n) is 7.61. The quantitative estimate of drug-likeness (QED) is 0.607. The number of rotatable bonds is 11. The van der Waals surface area contributed by atoms with Gasteiger partial charge >= 0.3 is 0 Å². The van der Waals surface area contributed by atoms with Crippen molar-refractivity contribution in [2.45, 2.75) is 39.0 Å². The van der Waals surface area contributed by atoms with E-state index in [0.717, 1.165) is 11.1 Å². The van der Waals surface area contributed by atoms with Gasteiger partial charge in [0.1, 0.15) is 0 Å². The molecule has 2 rings (SSSR count). The normalized spacial score (nSPS) is 15.3. The van der Waals surface area contributed by atoms with Crippen molar-refractivity contribution in [3.05, 3.63) is 71.8 Å². The molecule has 0 saturated carbocycles. The summed E-state index contributed by atoms with van der Waals surface area (Å²) in [5, 5.41) is 20.1. The van der Waals surface area contributed by atoms with Gasteiger partial charge in [0.2, 0.25) is 5.91 Å². The second kappa shape index (κ2) is 11.7. The van der Waals surface area contributed by atoms with Crippen molar-refractivity contribution < 1.29 is 19.7 Å². The molecule has 0 aliphatic carbocycles. The van der Waals surface area contributed by atoms with Crippen LogP contribution in [0, 0.1) is 11.8 Å². The van der Waals surface area contributed by atoms with Gasteiger partial charge in [-0.05, 0) is 30.4 Å². The number of benzene rings is 2. The minimum Gasteiger partial charge on any atom is -0.396 e. The van der Waals surface area contributed by atoms with Crippen molar-refractivity contribution >= 4 is 5.91 Å². The van der Waals surface area contributed by atoms with Crippen LogP contribution < -0.4 is 0 Å². The lowest BCUT2D eigenvalue weighted by molar-refractivity contribution is -0.140. The highest BCUT2D eigenvalue weighted by molar-refractivity contribution is 5.79. The Morgan fingerprint density at radius 2 is 1.62 bits per heavy atom. The molecule has 0 heterocycles. The topological polar surface area (TPSA) is 70.0 Å². The van der Waals surface area contributed by atoms with Gasteiger partial charge in [-0.2, -0.15) is 0 Å². The summed E-state index contributed by atoms with van der Waals surface area (Å²) in [4.78, 5) is 14.6. The summed E-state index contributed by atoms with van der Waals surface area (Å²) in [5.74, 6) is -0.484. The highest BCUT2D eigenvalue weighted by Crippen LogP contribution is 2.24. The Kier molecular flexibility index (Phi) is 9.32. The zero-order valence-corrected chi connectivity index (χ0v) is 17.6. The third kappa shape index (κ3) is 6.67. The van der Waals surface area contributed by atoms with Crippen molar-refractivity contribution in [2.75, 3.05) is 20.3 Å². The Balaban J connectivity index is 1.96. The smallest absolute Gasteiger partial charge is 0.225 e. The lowest BCUT2D eigenvalue weighted by Gasteiger charge is -2.33. The lowest BCUT2D eigenvalue weighted by atomic mass is 9.90. The molecule has 2 aromatic rings. The average molecular weight is 400 g/mol. The average Bonchev–Trinajstić information content (AvgIpc) is 2.77. The van der Waals surface area contributed by atoms with Crippen LogP contribution in [0.15, 0.2) is 60.7 Å². The van der Waals surface area contributed by atoms with E-state index in [0.29, 0.717) is 19.6 Å². The molecule has 0 radical (unpaired) electrons. The zero-order valence-electron chi connectivity index (χ0n) is 17.6. The van der Waals surface area contributed by atoms with Crippen molar-refractivity contribution in [2.24, 2.45) is 11.8 Å². The van der Waals surface area contributed by atoms with Crippen LogP contribution in [0.4, 0.5) is 0 Å². The van der Waals surface area contributed by atoms with E-state index in [-0.39, 0.29) is 30.4 Å². The van der Waals surface area contributed by atoms with E-state index in [1.165, 1.54) is 0 Å². The first-order valence-electron chi connectivity index (χ1n) is 10.2. The predicted molar refractivity (Wildman–Crippen MR) is 114 cm³/mol. The van der Waals surface area contributed by atoms with E-state index >= 15 is 0 Å². The number of ether oxygens (including phenoxy) is 1. The van der Waals surface area contributed by atoms with E-state index in [9.17, 15) is 15.0 Å². The van der Waals surface area contributed by atoms with Crippen LogP contribution in [0.5, 0.6) is 0 Å². The van der Waals surface area contributed by atoms with Crippen molar-refractivity contribution in [3.63, 3.8) is 0 Å². The molecule has 0 saturated heterocycles. The highest BCUT2D eigenvalue weighted by Gasteiger charge is 2.31. The van der Waals surface area contributed by atoms with E-state index in [4.69, 9.17) is 4.74 Å². The predicted octanol–water partition coefficient (Wildman–Crippen LogP) is 3.42. The first kappa shape index (κ1) is 23.1. The van der Waals surface area contributed by atoms with Crippen molar-refractivity contribution in [1.82, 2.24) is 4.90 Å². The fourth-order valence-corrected chi connectivity index (χ4v) is 3.41. The van der Waals surface area contributed by atoms with Gasteiger partial charge in [-0.1, -0.05) is 67.6 Å². The molecule has 29 heavy (non-hydrogen) atoms. The summed E-state index contributed by atoms with van der Waals surface area (Å²) in [5.41, 5.74) is 1.86. The van der Waals surface area contributed by atoms with E-state index in [1.807, 2.05) is 74.5 Å². The SMILES string of the molecule is C[C@H](C(=O)N(C)[C@@H](C)[C@@H](O)c1ccccc1)[C@H](CCO)COCc1ccccc1. The number of hydrogen-bond donors (Lipinski definition) is 2. The Morgan fingerprint density at radius 3 is 2.21 bits per heavy atom. The lowest BCUT2D eigenvalue weighted by Crippen LogP contribution is -2.44. The monoisotopic (exact) mass is 399 g/mol. The molecular formula is C24H33NO4. The molecule has 158 valence electrons. The Morgan fingerprint density at radius 1 is 1.03 bits per heavy atom. The highest BCUT2D eigenvalue weighted by atomic mass is 16.5. The van der Waals surface area contributed by atoms with Crippen LogP contribution in [0.2, 0.25) is 0 Å². The third-order valence-corrected chi connectivity index (χ3v) is 5.60. The molecule has 0 aliphatic heterocycles. The van der Waals surface area contributed by atoms with E-state index in [1.54, 1.807) is 11.9 Å². The molecule has 4 atom stereocenters. The molecular weight excluding hydrogens is 366 g/mol. The molecule has 0 aliphatic rings. The standard InChI is InChI=1S/C24H33NO4/c1-18(22(14-15-26)17-29-16-20-10-6-4-7-11-20)24(28)25(3)19(2)23(27)21-12-8-5-9-13-21/h4-13,18-19,22-23,26-27H,14-17H2,1-3H3/t18-,19-,22+,23+/m0/s1. The van der Waals surface area contributed by atoms with Gasteiger partial charge in [0, 0.05) is 19.6 Å². The minimum atomic E-state index is -0.761. The van der Waals surface area contributed by atoms with Crippen molar-refractivity contribution in [1.29, 1.82) is 0 Å². The van der Waals surface area contributed by atoms with Crippen LogP contribution in [0.3, 0.4) is 0 Å². The number of nitrogens with zero attached hydrogens (tertiary/aromatic N) is 1. The van der Waals surface area contributed by atoms with Gasteiger partial charge in [-0.3, -0.25) is 4.79 Å². The molecule has 2 N–H and O–H groups in total. The molecule has 0 unspecified atom stereocenters. The van der Waals surface area contributed by atoms with Gasteiger partial charge in [-0.15, -0.1) is 0 Å². The first-order valence-corrected chi connectivity index (χ1v) is 10.2. The largest absolute Gasteiger partial charge is 0.396 e. The van der Waals surface area contributed by atoms with E-state index < -0.39 is 6.10 Å². The van der Waals surface area contributed by atoms with Gasteiger partial charge < -0.3 is 19.8 Å². The maximum atomic E-state index is 13.0. The summed E-state index contributed by atoms with van der Waals surface area (Å²) in [6.07, 6.45) is -0.270. The number of hydrogen-bond acceptors (Lipinski definition) is 4. The Hall–Kier alpha value is -2.21. The number of aliphatic hydroxyl groups excluding tert-OH is 2. The molecule has 0 aromatic heterocycles. The maximum absolute atomic E-state index is 13.0. The molecule has 0 spiro atoms. The number of carbonyl (C=O) groups is 1. The number of likely N-dealkylation sites (N-methyl/N-ethyl adjacent to an activating group) is 1. The van der Waals surface area contributed by atoms with Gasteiger partial charge in [0.25, 0.3) is 0 Å². The maximum Gasteiger partial charge on any atom is 0.225 e. The van der Waals surface area contributed by atoms with Gasteiger partial charge in [0.15, 0.2) is 0 Å². The summed E-state index contributed by atoms with van der Waals surface area (Å²) in [7, 11) is 1.72.